The van der Waals surface area contributed by atoms with Gasteiger partial charge in [-0.2, -0.15) is 0 Å². The average Bonchev–Trinajstić information content (AvgIpc) is 2.60. The van der Waals surface area contributed by atoms with Crippen LogP contribution in [0.4, 0.5) is 4.79 Å². The fourth-order valence-electron chi connectivity index (χ4n) is 2.38. The van der Waals surface area contributed by atoms with Crippen molar-refractivity contribution in [1.29, 1.82) is 0 Å². The highest BCUT2D eigenvalue weighted by Crippen LogP contribution is 2.24. The summed E-state index contributed by atoms with van der Waals surface area (Å²) in [6.45, 7) is 0.567. The molecule has 1 aromatic carbocycles. The molecule has 1 unspecified atom stereocenters. The van der Waals surface area contributed by atoms with Gasteiger partial charge in [0, 0.05) is 38.8 Å². The van der Waals surface area contributed by atoms with E-state index in [0.717, 1.165) is 12.0 Å². The lowest BCUT2D eigenvalue weighted by molar-refractivity contribution is 0.172. The zero-order valence-electron chi connectivity index (χ0n) is 15.6. The quantitative estimate of drug-likeness (QED) is 0.735. The SMILES string of the molecule is CN(C)C(=O)Oc1ccc(C(CCOc2ccccn2)N(C)C)cc1.Cl. The Bertz CT molecular complexity index is 663. The van der Waals surface area contributed by atoms with E-state index in [9.17, 15) is 4.79 Å². The first-order valence-corrected chi connectivity index (χ1v) is 8.16. The Morgan fingerprint density at radius 2 is 1.77 bits per heavy atom. The molecule has 0 saturated carbocycles. The standard InChI is InChI=1S/C19H25N3O3.ClH/c1-21(2)17(12-14-24-18-7-5-6-13-20-18)15-8-10-16(11-9-15)25-19(23)22(3)4;/h5-11,13,17H,12,14H2,1-4H3;1H. The monoisotopic (exact) mass is 379 g/mol. The molecule has 6 nitrogen and oxygen atoms in total. The van der Waals surface area contributed by atoms with Crippen molar-refractivity contribution in [3.05, 3.63) is 54.2 Å². The fourth-order valence-corrected chi connectivity index (χ4v) is 2.38. The number of halogens is 1. The molecule has 0 aliphatic rings. The molecule has 0 fully saturated rings. The first-order chi connectivity index (χ1) is 12.0. The Labute approximate surface area is 161 Å². The summed E-state index contributed by atoms with van der Waals surface area (Å²) in [5.41, 5.74) is 1.14. The van der Waals surface area contributed by atoms with E-state index in [4.69, 9.17) is 9.47 Å². The van der Waals surface area contributed by atoms with Gasteiger partial charge in [-0.25, -0.2) is 9.78 Å². The summed E-state index contributed by atoms with van der Waals surface area (Å²) in [5.74, 6) is 1.16. The van der Waals surface area contributed by atoms with Gasteiger partial charge < -0.3 is 19.3 Å². The second-order valence-corrected chi connectivity index (χ2v) is 6.12. The van der Waals surface area contributed by atoms with Crippen molar-refractivity contribution in [2.24, 2.45) is 0 Å². The third-order valence-electron chi connectivity index (χ3n) is 3.74. The summed E-state index contributed by atoms with van der Waals surface area (Å²) in [7, 11) is 7.37. The van der Waals surface area contributed by atoms with Gasteiger partial charge in [-0.15, -0.1) is 12.4 Å². The third kappa shape index (κ3) is 6.54. The molecule has 0 bridgehead atoms. The summed E-state index contributed by atoms with van der Waals surface area (Å²) >= 11 is 0. The van der Waals surface area contributed by atoms with E-state index in [1.807, 2.05) is 56.6 Å². The average molecular weight is 380 g/mol. The molecule has 0 spiro atoms. The lowest BCUT2D eigenvalue weighted by Crippen LogP contribution is -2.25. The third-order valence-corrected chi connectivity index (χ3v) is 3.74. The molecule has 1 aromatic heterocycles. The molecule has 0 aliphatic heterocycles. The molecule has 2 rings (SSSR count). The van der Waals surface area contributed by atoms with Crippen LogP contribution in [0.5, 0.6) is 11.6 Å². The van der Waals surface area contributed by atoms with Gasteiger partial charge in [-0.05, 0) is 37.9 Å². The number of nitrogens with zero attached hydrogens (tertiary/aromatic N) is 3. The minimum absolute atomic E-state index is 0. The zero-order chi connectivity index (χ0) is 18.2. The first kappa shape index (κ1) is 21.7. The van der Waals surface area contributed by atoms with Gasteiger partial charge in [-0.1, -0.05) is 18.2 Å². The number of rotatable bonds is 7. The van der Waals surface area contributed by atoms with Crippen LogP contribution in [0.1, 0.15) is 18.0 Å². The molecule has 1 atom stereocenters. The predicted molar refractivity (Wildman–Crippen MR) is 104 cm³/mol. The van der Waals surface area contributed by atoms with Crippen molar-refractivity contribution < 1.29 is 14.3 Å². The zero-order valence-corrected chi connectivity index (χ0v) is 16.4. The number of carbonyl (C=O) groups is 1. The van der Waals surface area contributed by atoms with Crippen molar-refractivity contribution in [1.82, 2.24) is 14.8 Å². The smallest absolute Gasteiger partial charge is 0.414 e. The highest BCUT2D eigenvalue weighted by molar-refractivity contribution is 5.85. The van der Waals surface area contributed by atoms with Gasteiger partial charge in [0.25, 0.3) is 0 Å². The molecule has 0 saturated heterocycles. The Kier molecular flexibility index (Phi) is 8.88. The van der Waals surface area contributed by atoms with E-state index in [0.29, 0.717) is 18.2 Å². The summed E-state index contributed by atoms with van der Waals surface area (Å²) in [4.78, 5) is 19.3. The molecule has 142 valence electrons. The molecular formula is C19H26ClN3O3. The van der Waals surface area contributed by atoms with E-state index in [1.165, 1.54) is 4.90 Å². The van der Waals surface area contributed by atoms with Crippen molar-refractivity contribution in [3.63, 3.8) is 0 Å². The summed E-state index contributed by atoms with van der Waals surface area (Å²) < 4.78 is 10.9. The van der Waals surface area contributed by atoms with Crippen LogP contribution in [-0.2, 0) is 0 Å². The largest absolute Gasteiger partial charge is 0.478 e. The van der Waals surface area contributed by atoms with Gasteiger partial charge in [0.15, 0.2) is 0 Å². The molecule has 7 heteroatoms. The van der Waals surface area contributed by atoms with Crippen LogP contribution >= 0.6 is 12.4 Å². The second-order valence-electron chi connectivity index (χ2n) is 6.12. The minimum atomic E-state index is -0.388. The van der Waals surface area contributed by atoms with E-state index < -0.39 is 0 Å². The number of ether oxygens (including phenoxy) is 2. The maximum absolute atomic E-state index is 11.6. The van der Waals surface area contributed by atoms with E-state index in [1.54, 1.807) is 20.3 Å². The molecule has 0 aliphatic carbocycles. The van der Waals surface area contributed by atoms with Crippen molar-refractivity contribution in [2.45, 2.75) is 12.5 Å². The van der Waals surface area contributed by atoms with Crippen LogP contribution in [0.25, 0.3) is 0 Å². The van der Waals surface area contributed by atoms with E-state index in [-0.39, 0.29) is 24.5 Å². The number of hydrogen-bond acceptors (Lipinski definition) is 5. The van der Waals surface area contributed by atoms with Gasteiger partial charge in [0.05, 0.1) is 6.61 Å². The van der Waals surface area contributed by atoms with Gasteiger partial charge >= 0.3 is 6.09 Å². The molecule has 1 amide bonds. The molecule has 0 N–H and O–H groups in total. The molecule has 26 heavy (non-hydrogen) atoms. The van der Waals surface area contributed by atoms with E-state index >= 15 is 0 Å². The Hall–Kier alpha value is -2.31. The highest BCUT2D eigenvalue weighted by Gasteiger charge is 2.15. The van der Waals surface area contributed by atoms with Crippen molar-refractivity contribution >= 4 is 18.5 Å². The number of pyridine rings is 1. The minimum Gasteiger partial charge on any atom is -0.478 e. The fraction of sp³-hybridized carbons (Fsp3) is 0.368. The Morgan fingerprint density at radius 1 is 1.08 bits per heavy atom. The van der Waals surface area contributed by atoms with Crippen LogP contribution in [0.3, 0.4) is 0 Å². The summed E-state index contributed by atoms with van der Waals surface area (Å²) in [6.07, 6.45) is 2.15. The number of benzene rings is 1. The molecule has 1 heterocycles. The maximum atomic E-state index is 11.6. The number of amides is 1. The predicted octanol–water partition coefficient (Wildman–Crippen LogP) is 3.64. The van der Waals surface area contributed by atoms with Crippen molar-refractivity contribution in [2.75, 3.05) is 34.8 Å². The van der Waals surface area contributed by atoms with Gasteiger partial charge in [-0.3, -0.25) is 0 Å². The number of aromatic nitrogens is 1. The van der Waals surface area contributed by atoms with Gasteiger partial charge in [0.1, 0.15) is 5.75 Å². The first-order valence-electron chi connectivity index (χ1n) is 8.16. The maximum Gasteiger partial charge on any atom is 0.414 e. The van der Waals surface area contributed by atoms with E-state index in [2.05, 4.69) is 9.88 Å². The summed E-state index contributed by atoms with van der Waals surface area (Å²) in [6, 6.07) is 13.4. The Balaban J connectivity index is 0.00000338. The molecule has 2 aromatic rings. The number of hydrogen-bond donors (Lipinski definition) is 0. The van der Waals surface area contributed by atoms with Crippen LogP contribution in [-0.4, -0.2) is 55.7 Å². The van der Waals surface area contributed by atoms with Crippen LogP contribution in [0.2, 0.25) is 0 Å². The van der Waals surface area contributed by atoms with Crippen molar-refractivity contribution in [3.8, 4) is 11.6 Å². The van der Waals surface area contributed by atoms with Crippen LogP contribution in [0, 0.1) is 0 Å². The number of carbonyl (C=O) groups excluding carboxylic acids is 1. The Morgan fingerprint density at radius 3 is 2.31 bits per heavy atom. The normalized spacial score (nSPS) is 11.4. The lowest BCUT2D eigenvalue weighted by Gasteiger charge is -2.25. The summed E-state index contributed by atoms with van der Waals surface area (Å²) in [5, 5.41) is 0. The highest BCUT2D eigenvalue weighted by atomic mass is 35.5. The molecular weight excluding hydrogens is 354 g/mol. The topological polar surface area (TPSA) is 54.9 Å². The van der Waals surface area contributed by atoms with Crippen LogP contribution < -0.4 is 9.47 Å². The lowest BCUT2D eigenvalue weighted by atomic mass is 10.0. The van der Waals surface area contributed by atoms with Gasteiger partial charge in [0.2, 0.25) is 5.88 Å². The second kappa shape index (κ2) is 10.6. The molecule has 0 radical (unpaired) electrons. The van der Waals surface area contributed by atoms with Crippen LogP contribution in [0.15, 0.2) is 48.7 Å².